The van der Waals surface area contributed by atoms with E-state index in [2.05, 4.69) is 9.97 Å². The number of anilines is 1. The van der Waals surface area contributed by atoms with Crippen LogP contribution in [0.5, 0.6) is 5.88 Å². The Morgan fingerprint density at radius 3 is 2.58 bits per heavy atom. The van der Waals surface area contributed by atoms with Gasteiger partial charge in [-0.2, -0.15) is 4.98 Å². The summed E-state index contributed by atoms with van der Waals surface area (Å²) in [6.07, 6.45) is 1.40. The Labute approximate surface area is 110 Å². The van der Waals surface area contributed by atoms with E-state index in [1.807, 2.05) is 6.07 Å². The first-order chi connectivity index (χ1) is 9.00. The molecule has 0 radical (unpaired) electrons. The van der Waals surface area contributed by atoms with E-state index >= 15 is 0 Å². The standard InChI is InChI=1S/C13H14N4O2/c1-13(15,9-5-3-2-4-6-9)11(18)19-10-7-8-16-12(14)17-10/h2-8H,15H2,1H3,(H2,14,16,17). The van der Waals surface area contributed by atoms with Gasteiger partial charge in [-0.25, -0.2) is 9.78 Å². The molecule has 0 amide bonds. The largest absolute Gasteiger partial charge is 0.406 e. The number of nitrogens with zero attached hydrogens (tertiary/aromatic N) is 2. The third-order valence-electron chi connectivity index (χ3n) is 2.64. The molecule has 0 spiro atoms. The van der Waals surface area contributed by atoms with Crippen LogP contribution in [-0.2, 0) is 10.3 Å². The first-order valence-electron chi connectivity index (χ1n) is 5.65. The minimum absolute atomic E-state index is 0.0312. The highest BCUT2D eigenvalue weighted by Crippen LogP contribution is 2.20. The lowest BCUT2D eigenvalue weighted by molar-refractivity contribution is -0.140. The highest BCUT2D eigenvalue weighted by Gasteiger charge is 2.32. The second kappa shape index (κ2) is 5.03. The predicted molar refractivity (Wildman–Crippen MR) is 70.1 cm³/mol. The van der Waals surface area contributed by atoms with Gasteiger partial charge in [-0.05, 0) is 12.5 Å². The molecule has 0 aliphatic heterocycles. The molecular weight excluding hydrogens is 244 g/mol. The molecule has 2 aromatic rings. The second-order valence-electron chi connectivity index (χ2n) is 4.21. The molecule has 4 N–H and O–H groups in total. The van der Waals surface area contributed by atoms with Gasteiger partial charge in [0.05, 0.1) is 0 Å². The van der Waals surface area contributed by atoms with Crippen LogP contribution in [0.25, 0.3) is 0 Å². The summed E-state index contributed by atoms with van der Waals surface area (Å²) in [6.45, 7) is 1.58. The predicted octanol–water partition coefficient (Wildman–Crippen LogP) is 0.838. The van der Waals surface area contributed by atoms with Crippen molar-refractivity contribution in [1.29, 1.82) is 0 Å². The third-order valence-corrected chi connectivity index (χ3v) is 2.64. The number of rotatable bonds is 3. The van der Waals surface area contributed by atoms with Crippen LogP contribution in [0.15, 0.2) is 42.6 Å². The highest BCUT2D eigenvalue weighted by atomic mass is 16.5. The van der Waals surface area contributed by atoms with Crippen molar-refractivity contribution in [3.8, 4) is 5.88 Å². The zero-order chi connectivity index (χ0) is 13.9. The lowest BCUT2D eigenvalue weighted by atomic mass is 9.93. The van der Waals surface area contributed by atoms with E-state index in [-0.39, 0.29) is 11.8 Å². The second-order valence-corrected chi connectivity index (χ2v) is 4.21. The molecule has 1 unspecified atom stereocenters. The van der Waals surface area contributed by atoms with E-state index < -0.39 is 11.5 Å². The SMILES string of the molecule is CC(N)(C(=O)Oc1ccnc(N)n1)c1ccccc1. The van der Waals surface area contributed by atoms with Gasteiger partial charge in [0.25, 0.3) is 0 Å². The Balaban J connectivity index is 2.20. The Hall–Kier alpha value is -2.47. The number of hydrogen-bond acceptors (Lipinski definition) is 6. The average Bonchev–Trinajstić information content (AvgIpc) is 2.39. The van der Waals surface area contributed by atoms with Gasteiger partial charge >= 0.3 is 5.97 Å². The van der Waals surface area contributed by atoms with Crippen LogP contribution in [0.1, 0.15) is 12.5 Å². The molecule has 1 heterocycles. The molecule has 0 saturated carbocycles. The number of benzene rings is 1. The minimum Gasteiger partial charge on any atom is -0.406 e. The van der Waals surface area contributed by atoms with Gasteiger partial charge in [0, 0.05) is 12.3 Å². The minimum atomic E-state index is -1.26. The zero-order valence-corrected chi connectivity index (χ0v) is 10.4. The molecular formula is C13H14N4O2. The molecule has 0 fully saturated rings. The Morgan fingerprint density at radius 2 is 1.95 bits per heavy atom. The lowest BCUT2D eigenvalue weighted by Gasteiger charge is -2.22. The van der Waals surface area contributed by atoms with Crippen LogP contribution in [-0.4, -0.2) is 15.9 Å². The van der Waals surface area contributed by atoms with Gasteiger partial charge < -0.3 is 16.2 Å². The number of carbonyl (C=O) groups is 1. The molecule has 2 rings (SSSR count). The molecule has 1 aromatic carbocycles. The normalized spacial score (nSPS) is 13.6. The summed E-state index contributed by atoms with van der Waals surface area (Å²) in [5.74, 6) is -0.509. The fourth-order valence-corrected chi connectivity index (χ4v) is 1.52. The van der Waals surface area contributed by atoms with Gasteiger partial charge in [-0.3, -0.25) is 0 Å². The number of aromatic nitrogens is 2. The number of nitrogen functional groups attached to an aromatic ring is 1. The van der Waals surface area contributed by atoms with Crippen molar-refractivity contribution < 1.29 is 9.53 Å². The van der Waals surface area contributed by atoms with Crippen LogP contribution in [0, 0.1) is 0 Å². The first kappa shape index (κ1) is 13.0. The monoisotopic (exact) mass is 258 g/mol. The van der Waals surface area contributed by atoms with Crippen LogP contribution < -0.4 is 16.2 Å². The van der Waals surface area contributed by atoms with Crippen molar-refractivity contribution in [3.63, 3.8) is 0 Å². The summed E-state index contributed by atoms with van der Waals surface area (Å²) in [6, 6.07) is 10.4. The molecule has 1 aromatic heterocycles. The van der Waals surface area contributed by atoms with E-state index in [1.165, 1.54) is 12.3 Å². The Bertz CT molecular complexity index is 584. The molecule has 0 saturated heterocycles. The number of esters is 1. The fourth-order valence-electron chi connectivity index (χ4n) is 1.52. The summed E-state index contributed by atoms with van der Waals surface area (Å²) in [4.78, 5) is 19.6. The van der Waals surface area contributed by atoms with Crippen LogP contribution in [0.2, 0.25) is 0 Å². The summed E-state index contributed by atoms with van der Waals surface area (Å²) >= 11 is 0. The van der Waals surface area contributed by atoms with Crippen molar-refractivity contribution in [2.75, 3.05) is 5.73 Å². The highest BCUT2D eigenvalue weighted by molar-refractivity contribution is 5.83. The number of nitrogens with two attached hydrogens (primary N) is 2. The summed E-state index contributed by atoms with van der Waals surface area (Å²) in [5.41, 5.74) is 10.8. The molecule has 6 heteroatoms. The van der Waals surface area contributed by atoms with Gasteiger partial charge in [0.2, 0.25) is 11.8 Å². The van der Waals surface area contributed by atoms with Crippen LogP contribution in [0.3, 0.4) is 0 Å². The zero-order valence-electron chi connectivity index (χ0n) is 10.4. The third kappa shape index (κ3) is 2.86. The Kier molecular flexibility index (Phi) is 3.43. The molecule has 1 atom stereocenters. The maximum Gasteiger partial charge on any atom is 0.337 e. The summed E-state index contributed by atoms with van der Waals surface area (Å²) in [7, 11) is 0. The van der Waals surface area contributed by atoms with E-state index in [0.29, 0.717) is 5.56 Å². The first-order valence-corrected chi connectivity index (χ1v) is 5.65. The molecule has 0 aliphatic rings. The van der Waals surface area contributed by atoms with Crippen molar-refractivity contribution in [3.05, 3.63) is 48.2 Å². The van der Waals surface area contributed by atoms with E-state index in [4.69, 9.17) is 16.2 Å². The molecule has 6 nitrogen and oxygen atoms in total. The number of carbonyl (C=O) groups excluding carboxylic acids is 1. The van der Waals surface area contributed by atoms with Gasteiger partial charge in [0.15, 0.2) is 0 Å². The van der Waals surface area contributed by atoms with E-state index in [9.17, 15) is 4.79 Å². The molecule has 0 bridgehead atoms. The van der Waals surface area contributed by atoms with Crippen LogP contribution >= 0.6 is 0 Å². The van der Waals surface area contributed by atoms with Crippen molar-refractivity contribution in [2.24, 2.45) is 5.73 Å². The van der Waals surface area contributed by atoms with Crippen molar-refractivity contribution in [2.45, 2.75) is 12.5 Å². The lowest BCUT2D eigenvalue weighted by Crippen LogP contribution is -2.44. The van der Waals surface area contributed by atoms with E-state index in [0.717, 1.165) is 0 Å². The van der Waals surface area contributed by atoms with Crippen LogP contribution in [0.4, 0.5) is 5.95 Å². The number of hydrogen-bond donors (Lipinski definition) is 2. The Morgan fingerprint density at radius 1 is 1.26 bits per heavy atom. The number of ether oxygens (including phenoxy) is 1. The maximum atomic E-state index is 12.1. The molecule has 0 aliphatic carbocycles. The topological polar surface area (TPSA) is 104 Å². The molecule has 98 valence electrons. The smallest absolute Gasteiger partial charge is 0.337 e. The fraction of sp³-hybridized carbons (Fsp3) is 0.154. The summed E-state index contributed by atoms with van der Waals surface area (Å²) < 4.78 is 5.12. The molecule has 19 heavy (non-hydrogen) atoms. The van der Waals surface area contributed by atoms with Gasteiger partial charge in [0.1, 0.15) is 5.54 Å². The van der Waals surface area contributed by atoms with Crippen molar-refractivity contribution >= 4 is 11.9 Å². The van der Waals surface area contributed by atoms with Gasteiger partial charge in [-0.1, -0.05) is 30.3 Å². The van der Waals surface area contributed by atoms with E-state index in [1.54, 1.807) is 31.2 Å². The summed E-state index contributed by atoms with van der Waals surface area (Å²) in [5, 5.41) is 0. The quantitative estimate of drug-likeness (QED) is 0.790. The van der Waals surface area contributed by atoms with Crippen molar-refractivity contribution in [1.82, 2.24) is 9.97 Å². The van der Waals surface area contributed by atoms with Gasteiger partial charge in [-0.15, -0.1) is 0 Å². The maximum absolute atomic E-state index is 12.1. The average molecular weight is 258 g/mol.